The predicted molar refractivity (Wildman–Crippen MR) is 133 cm³/mol. The molecule has 0 saturated heterocycles. The lowest BCUT2D eigenvalue weighted by atomic mass is 10.0. The van der Waals surface area contributed by atoms with Crippen LogP contribution in [0.4, 0.5) is 0 Å². The molecule has 34 heavy (non-hydrogen) atoms. The summed E-state index contributed by atoms with van der Waals surface area (Å²) in [4.78, 5) is 15.0. The summed E-state index contributed by atoms with van der Waals surface area (Å²) in [5.41, 5.74) is 4.09. The number of hydrogen-bond donors (Lipinski definition) is 0. The van der Waals surface area contributed by atoms with Gasteiger partial charge in [-0.25, -0.2) is 0 Å². The number of hydrogen-bond acceptors (Lipinski definition) is 3. The van der Waals surface area contributed by atoms with E-state index in [1.165, 1.54) is 0 Å². The van der Waals surface area contributed by atoms with Gasteiger partial charge in [-0.3, -0.25) is 4.79 Å². The molecular weight excluding hydrogens is 418 g/mol. The highest BCUT2D eigenvalue weighted by Crippen LogP contribution is 2.25. The number of benzene rings is 4. The fourth-order valence-electron chi connectivity index (χ4n) is 3.69. The lowest BCUT2D eigenvalue weighted by Gasteiger charge is -2.10. The van der Waals surface area contributed by atoms with Crippen molar-refractivity contribution in [3.8, 4) is 23.1 Å². The number of aromatic nitrogens is 3. The Hall–Kier alpha value is -4.75. The van der Waals surface area contributed by atoms with Crippen LogP contribution in [-0.4, -0.2) is 20.8 Å². The van der Waals surface area contributed by atoms with E-state index in [-0.39, 0.29) is 5.78 Å². The molecule has 162 valence electrons. The minimum Gasteiger partial charge on any atom is -0.287 e. The van der Waals surface area contributed by atoms with Crippen molar-refractivity contribution in [1.82, 2.24) is 15.0 Å². The van der Waals surface area contributed by atoms with Gasteiger partial charge >= 0.3 is 0 Å². The summed E-state index contributed by atoms with van der Waals surface area (Å²) >= 11 is 0. The molecule has 0 N–H and O–H groups in total. The second kappa shape index (κ2) is 9.81. The maximum Gasteiger partial charge on any atom is 0.215 e. The van der Waals surface area contributed by atoms with Gasteiger partial charge in [0.25, 0.3) is 0 Å². The molecule has 0 radical (unpaired) electrons. The largest absolute Gasteiger partial charge is 0.287 e. The number of carbonyl (C=O) groups is 1. The molecule has 0 aliphatic heterocycles. The normalized spacial score (nSPS) is 11.3. The first-order chi connectivity index (χ1) is 16.8. The Bertz CT molecular complexity index is 1450. The Labute approximate surface area is 198 Å². The predicted octanol–water partition coefficient (Wildman–Crippen LogP) is 5.82. The first-order valence-corrected chi connectivity index (χ1v) is 11.0. The van der Waals surface area contributed by atoms with Gasteiger partial charge < -0.3 is 0 Å². The monoisotopic (exact) mass is 439 g/mol. The molecule has 4 aromatic carbocycles. The van der Waals surface area contributed by atoms with E-state index >= 15 is 0 Å². The van der Waals surface area contributed by atoms with Gasteiger partial charge in [-0.15, -0.1) is 5.10 Å². The van der Waals surface area contributed by atoms with Gasteiger partial charge in [-0.1, -0.05) is 121 Å². The third kappa shape index (κ3) is 4.55. The van der Waals surface area contributed by atoms with E-state index in [9.17, 15) is 4.79 Å². The van der Waals surface area contributed by atoms with Crippen LogP contribution in [0.5, 0.6) is 0 Å². The molecule has 0 fully saturated rings. The van der Waals surface area contributed by atoms with E-state index in [4.69, 9.17) is 10.2 Å². The van der Waals surface area contributed by atoms with E-state index in [2.05, 4.69) is 11.8 Å². The number of carbonyl (C=O) groups excluding carboxylic acids is 1. The van der Waals surface area contributed by atoms with Crippen LogP contribution in [0.25, 0.3) is 11.3 Å². The van der Waals surface area contributed by atoms with Crippen molar-refractivity contribution < 1.29 is 4.79 Å². The fourth-order valence-corrected chi connectivity index (χ4v) is 3.69. The molecule has 5 rings (SSSR count). The fraction of sp³-hybridized carbons (Fsp3) is 0.0333. The van der Waals surface area contributed by atoms with Crippen LogP contribution >= 0.6 is 0 Å². The molecule has 0 saturated carbocycles. The molecule has 0 spiro atoms. The molecular formula is C30H21N3O. The van der Waals surface area contributed by atoms with E-state index in [1.54, 1.807) is 16.9 Å². The maximum absolute atomic E-state index is 13.4. The van der Waals surface area contributed by atoms with Gasteiger partial charge in [0.15, 0.2) is 11.7 Å². The van der Waals surface area contributed by atoms with Crippen LogP contribution in [0.2, 0.25) is 0 Å². The minimum absolute atomic E-state index is 0.173. The molecule has 0 aliphatic rings. The van der Waals surface area contributed by atoms with Crippen LogP contribution in [0.15, 0.2) is 121 Å². The van der Waals surface area contributed by atoms with Crippen molar-refractivity contribution in [3.63, 3.8) is 0 Å². The van der Waals surface area contributed by atoms with Crippen LogP contribution in [0.1, 0.15) is 33.2 Å². The highest BCUT2D eigenvalue weighted by atomic mass is 16.1. The van der Waals surface area contributed by atoms with Gasteiger partial charge in [0.1, 0.15) is 5.69 Å². The molecule has 0 aliphatic carbocycles. The molecule has 1 heterocycles. The van der Waals surface area contributed by atoms with Gasteiger partial charge in [0.2, 0.25) is 5.78 Å². The summed E-state index contributed by atoms with van der Waals surface area (Å²) in [5.74, 6) is 6.38. The average Bonchev–Trinajstić information content (AvgIpc) is 3.36. The maximum atomic E-state index is 13.4. The van der Waals surface area contributed by atoms with Crippen molar-refractivity contribution in [3.05, 3.63) is 144 Å². The average molecular weight is 440 g/mol. The van der Waals surface area contributed by atoms with E-state index < -0.39 is 6.04 Å². The molecule has 1 atom stereocenters. The quantitative estimate of drug-likeness (QED) is 0.256. The van der Waals surface area contributed by atoms with Gasteiger partial charge in [0.05, 0.1) is 0 Å². The zero-order valence-corrected chi connectivity index (χ0v) is 18.4. The van der Waals surface area contributed by atoms with Gasteiger partial charge in [0, 0.05) is 16.7 Å². The third-order valence-electron chi connectivity index (χ3n) is 5.40. The third-order valence-corrected chi connectivity index (χ3v) is 5.40. The molecule has 0 amide bonds. The zero-order valence-electron chi connectivity index (χ0n) is 18.4. The summed E-state index contributed by atoms with van der Waals surface area (Å²) in [6.45, 7) is 0. The summed E-state index contributed by atoms with van der Waals surface area (Å²) < 4.78 is 0. The van der Waals surface area contributed by atoms with Crippen LogP contribution in [-0.2, 0) is 0 Å². The SMILES string of the molecule is O=C(c1ccccc1)c1nn(C(C#Cc2ccccc2)c2ccccc2)nc1-c1ccccc1. The summed E-state index contributed by atoms with van der Waals surface area (Å²) in [6, 6.07) is 38.0. The van der Waals surface area contributed by atoms with Crippen molar-refractivity contribution >= 4 is 5.78 Å². The highest BCUT2D eigenvalue weighted by Gasteiger charge is 2.24. The number of ketones is 1. The summed E-state index contributed by atoms with van der Waals surface area (Å²) in [5, 5.41) is 9.50. The Morgan fingerprint density at radius 2 is 1.24 bits per heavy atom. The molecule has 1 unspecified atom stereocenters. The lowest BCUT2D eigenvalue weighted by Crippen LogP contribution is -2.13. The first kappa shape index (κ1) is 21.1. The first-order valence-electron chi connectivity index (χ1n) is 11.0. The highest BCUT2D eigenvalue weighted by molar-refractivity contribution is 6.10. The zero-order chi connectivity index (χ0) is 23.2. The number of nitrogens with zero attached hydrogens (tertiary/aromatic N) is 3. The lowest BCUT2D eigenvalue weighted by molar-refractivity contribution is 0.103. The van der Waals surface area contributed by atoms with Crippen LogP contribution in [0, 0.1) is 11.8 Å². The number of rotatable bonds is 5. The molecule has 4 heteroatoms. The van der Waals surface area contributed by atoms with Gasteiger partial charge in [-0.2, -0.15) is 9.90 Å². The van der Waals surface area contributed by atoms with Crippen molar-refractivity contribution in [2.24, 2.45) is 0 Å². The van der Waals surface area contributed by atoms with Crippen molar-refractivity contribution in [2.75, 3.05) is 0 Å². The Balaban J connectivity index is 1.65. The smallest absolute Gasteiger partial charge is 0.215 e. The standard InChI is InChI=1S/C30H21N3O/c34-30(26-19-11-4-12-20-26)29-28(25-17-9-3-10-18-25)31-33(32-29)27(24-15-7-2-8-16-24)22-21-23-13-5-1-6-14-23/h1-20,27H. The van der Waals surface area contributed by atoms with E-state index in [0.717, 1.165) is 16.7 Å². The summed E-state index contributed by atoms with van der Waals surface area (Å²) in [7, 11) is 0. The van der Waals surface area contributed by atoms with Crippen molar-refractivity contribution in [1.29, 1.82) is 0 Å². The Morgan fingerprint density at radius 3 is 1.88 bits per heavy atom. The summed E-state index contributed by atoms with van der Waals surface area (Å²) in [6.07, 6.45) is 0. The van der Waals surface area contributed by atoms with Crippen LogP contribution in [0.3, 0.4) is 0 Å². The second-order valence-corrected chi connectivity index (χ2v) is 7.73. The minimum atomic E-state index is -0.457. The molecule has 4 nitrogen and oxygen atoms in total. The van der Waals surface area contributed by atoms with Crippen LogP contribution < -0.4 is 0 Å². The molecule has 5 aromatic rings. The topological polar surface area (TPSA) is 47.8 Å². The molecule has 0 bridgehead atoms. The van der Waals surface area contributed by atoms with E-state index in [1.807, 2.05) is 109 Å². The van der Waals surface area contributed by atoms with Crippen molar-refractivity contribution in [2.45, 2.75) is 6.04 Å². The Kier molecular flexibility index (Phi) is 6.09. The van der Waals surface area contributed by atoms with Gasteiger partial charge in [-0.05, 0) is 17.7 Å². The molecule has 1 aromatic heterocycles. The Morgan fingerprint density at radius 1 is 0.676 bits per heavy atom. The second-order valence-electron chi connectivity index (χ2n) is 7.73. The van der Waals surface area contributed by atoms with E-state index in [0.29, 0.717) is 17.0 Å².